The molecule has 1 N–H and O–H groups in total. The molecule has 0 saturated heterocycles. The van der Waals surface area contributed by atoms with E-state index in [1.807, 2.05) is 6.92 Å². The van der Waals surface area contributed by atoms with Crippen molar-refractivity contribution in [3.05, 3.63) is 11.6 Å². The Morgan fingerprint density at radius 1 is 1.30 bits per heavy atom. The maximum Gasteiger partial charge on any atom is 0.311 e. The van der Waals surface area contributed by atoms with E-state index in [1.54, 1.807) is 0 Å². The molecule has 3 aliphatic carbocycles. The van der Waals surface area contributed by atoms with Gasteiger partial charge in [-0.3, -0.25) is 4.79 Å². The van der Waals surface area contributed by atoms with Gasteiger partial charge >= 0.3 is 5.97 Å². The first-order valence-electron chi connectivity index (χ1n) is 10.8. The van der Waals surface area contributed by atoms with Crippen LogP contribution in [-0.4, -0.2) is 36.5 Å². The topological polar surface area (TPSA) is 55.8 Å². The molecule has 0 aromatic carbocycles. The van der Waals surface area contributed by atoms with Crippen LogP contribution in [0.15, 0.2) is 11.6 Å². The molecule has 6 atom stereocenters. The molecule has 27 heavy (non-hydrogen) atoms. The molecule has 4 heteroatoms. The molecule has 0 heterocycles. The van der Waals surface area contributed by atoms with Crippen molar-refractivity contribution >= 4 is 5.97 Å². The number of aliphatic hydroxyl groups is 1. The Hall–Kier alpha value is -0.870. The molecule has 0 bridgehead atoms. The Bertz CT molecular complexity index is 611. The van der Waals surface area contributed by atoms with E-state index in [2.05, 4.69) is 33.8 Å². The molecule has 0 unspecified atom stereocenters. The van der Waals surface area contributed by atoms with Crippen LogP contribution in [0.25, 0.3) is 0 Å². The van der Waals surface area contributed by atoms with Gasteiger partial charge in [0.15, 0.2) is 0 Å². The Labute approximate surface area is 164 Å². The van der Waals surface area contributed by atoms with E-state index in [0.29, 0.717) is 24.9 Å². The van der Waals surface area contributed by atoms with E-state index in [1.165, 1.54) is 7.11 Å². The van der Waals surface area contributed by atoms with Gasteiger partial charge in [0.2, 0.25) is 0 Å². The summed E-state index contributed by atoms with van der Waals surface area (Å²) in [5, 5.41) is 11.2. The molecule has 3 aliphatic rings. The Kier molecular flexibility index (Phi) is 5.55. The van der Waals surface area contributed by atoms with Crippen LogP contribution in [-0.2, 0) is 14.3 Å². The van der Waals surface area contributed by atoms with Crippen LogP contribution in [0.4, 0.5) is 0 Å². The quantitative estimate of drug-likeness (QED) is 0.578. The standard InChI is InChI=1S/C23H38O4/c1-7-27-23(15(2)3)12-9-17-16(14-23)18(24)13-19-21(17,4)10-8-11-22(19,5)20(25)26-6/h14-15,17-19,24H,7-13H2,1-6H3/t17-,18+,19+,21+,22+,23+/m0/s1. The predicted molar refractivity (Wildman–Crippen MR) is 106 cm³/mol. The molecular weight excluding hydrogens is 340 g/mol. The van der Waals surface area contributed by atoms with Crippen molar-refractivity contribution in [2.24, 2.45) is 28.6 Å². The summed E-state index contributed by atoms with van der Waals surface area (Å²) in [6.45, 7) is 11.6. The minimum absolute atomic E-state index is 0.0294. The van der Waals surface area contributed by atoms with Crippen LogP contribution in [0.1, 0.15) is 73.1 Å². The van der Waals surface area contributed by atoms with Gasteiger partial charge < -0.3 is 14.6 Å². The number of hydrogen-bond donors (Lipinski definition) is 1. The number of ether oxygens (including phenoxy) is 2. The minimum atomic E-state index is -0.499. The fraction of sp³-hybridized carbons (Fsp3) is 0.870. The summed E-state index contributed by atoms with van der Waals surface area (Å²) in [7, 11) is 1.49. The summed E-state index contributed by atoms with van der Waals surface area (Å²) in [6.07, 6.45) is 7.43. The van der Waals surface area contributed by atoms with Gasteiger partial charge in [-0.2, -0.15) is 0 Å². The summed E-state index contributed by atoms with van der Waals surface area (Å²) in [6, 6.07) is 0. The number of rotatable bonds is 4. The van der Waals surface area contributed by atoms with Gasteiger partial charge in [0.05, 0.1) is 24.2 Å². The second-order valence-electron chi connectivity index (χ2n) is 9.85. The highest BCUT2D eigenvalue weighted by atomic mass is 16.5. The van der Waals surface area contributed by atoms with E-state index in [-0.39, 0.29) is 22.9 Å². The summed E-state index contributed by atoms with van der Waals surface area (Å²) >= 11 is 0. The van der Waals surface area contributed by atoms with Crippen LogP contribution in [0.2, 0.25) is 0 Å². The van der Waals surface area contributed by atoms with Gasteiger partial charge in [0.1, 0.15) is 0 Å². The first-order valence-corrected chi connectivity index (χ1v) is 10.8. The lowest BCUT2D eigenvalue weighted by atomic mass is 9.45. The lowest BCUT2D eigenvalue weighted by Gasteiger charge is -2.60. The largest absolute Gasteiger partial charge is 0.469 e. The molecule has 0 aliphatic heterocycles. The molecule has 2 fully saturated rings. The van der Waals surface area contributed by atoms with Gasteiger partial charge in [0, 0.05) is 6.61 Å². The number of aliphatic hydroxyl groups excluding tert-OH is 1. The molecule has 0 aromatic heterocycles. The smallest absolute Gasteiger partial charge is 0.311 e. The normalized spacial score (nSPS) is 44.3. The van der Waals surface area contributed by atoms with Crippen molar-refractivity contribution in [2.75, 3.05) is 13.7 Å². The first-order chi connectivity index (χ1) is 12.6. The zero-order chi connectivity index (χ0) is 20.0. The average Bonchev–Trinajstić information content (AvgIpc) is 2.63. The highest BCUT2D eigenvalue weighted by Gasteiger charge is 2.61. The molecule has 0 amide bonds. The van der Waals surface area contributed by atoms with E-state index in [9.17, 15) is 9.90 Å². The Morgan fingerprint density at radius 3 is 2.59 bits per heavy atom. The zero-order valence-corrected chi connectivity index (χ0v) is 18.0. The summed E-state index contributed by atoms with van der Waals surface area (Å²) < 4.78 is 11.4. The van der Waals surface area contributed by atoms with Crippen LogP contribution in [0.5, 0.6) is 0 Å². The number of hydrogen-bond acceptors (Lipinski definition) is 4. The molecule has 0 spiro atoms. The minimum Gasteiger partial charge on any atom is -0.469 e. The van der Waals surface area contributed by atoms with Gasteiger partial charge in [-0.1, -0.05) is 33.3 Å². The highest BCUT2D eigenvalue weighted by molar-refractivity contribution is 5.77. The number of fused-ring (bicyclic) bond motifs is 3. The highest BCUT2D eigenvalue weighted by Crippen LogP contribution is 2.64. The fourth-order valence-electron chi connectivity index (χ4n) is 6.73. The molecule has 2 saturated carbocycles. The summed E-state index contributed by atoms with van der Waals surface area (Å²) in [5.74, 6) is 0.736. The SMILES string of the molecule is CCO[C@@]1(C(C)C)C=C2[C@H](O)C[C@@H]3[C@](C)(CCC[C@@]3(C)C(=O)OC)[C@H]2CC1. The number of carbonyl (C=O) groups excluding carboxylic acids is 1. The van der Waals surface area contributed by atoms with Crippen molar-refractivity contribution in [1.29, 1.82) is 0 Å². The van der Waals surface area contributed by atoms with Crippen LogP contribution >= 0.6 is 0 Å². The number of carbonyl (C=O) groups is 1. The van der Waals surface area contributed by atoms with E-state index >= 15 is 0 Å². The molecular formula is C23H38O4. The third kappa shape index (κ3) is 3.07. The lowest BCUT2D eigenvalue weighted by Crippen LogP contribution is -2.58. The zero-order valence-electron chi connectivity index (χ0n) is 18.0. The van der Waals surface area contributed by atoms with Crippen LogP contribution < -0.4 is 0 Å². The van der Waals surface area contributed by atoms with Crippen LogP contribution in [0.3, 0.4) is 0 Å². The molecule has 4 nitrogen and oxygen atoms in total. The third-order valence-corrected chi connectivity index (χ3v) is 8.30. The van der Waals surface area contributed by atoms with Crippen LogP contribution in [0, 0.1) is 28.6 Å². The molecule has 0 aromatic rings. The van der Waals surface area contributed by atoms with E-state index < -0.39 is 11.5 Å². The molecule has 154 valence electrons. The number of methoxy groups -OCH3 is 1. The van der Waals surface area contributed by atoms with E-state index in [4.69, 9.17) is 9.47 Å². The maximum atomic E-state index is 12.7. The second kappa shape index (κ2) is 7.18. The average molecular weight is 379 g/mol. The fourth-order valence-corrected chi connectivity index (χ4v) is 6.73. The van der Waals surface area contributed by atoms with Gasteiger partial charge in [0.25, 0.3) is 0 Å². The summed E-state index contributed by atoms with van der Waals surface area (Å²) in [5.41, 5.74) is 0.421. The van der Waals surface area contributed by atoms with Crippen molar-refractivity contribution < 1.29 is 19.4 Å². The van der Waals surface area contributed by atoms with Crippen molar-refractivity contribution in [3.63, 3.8) is 0 Å². The van der Waals surface area contributed by atoms with Crippen molar-refractivity contribution in [3.8, 4) is 0 Å². The van der Waals surface area contributed by atoms with Crippen molar-refractivity contribution in [1.82, 2.24) is 0 Å². The predicted octanol–water partition coefficient (Wildman–Crippen LogP) is 4.50. The lowest BCUT2D eigenvalue weighted by molar-refractivity contribution is -0.172. The monoisotopic (exact) mass is 378 g/mol. The third-order valence-electron chi connectivity index (χ3n) is 8.30. The molecule has 0 radical (unpaired) electrons. The molecule has 3 rings (SSSR count). The van der Waals surface area contributed by atoms with Gasteiger partial charge in [-0.15, -0.1) is 0 Å². The van der Waals surface area contributed by atoms with Crippen molar-refractivity contribution in [2.45, 2.75) is 84.8 Å². The van der Waals surface area contributed by atoms with E-state index in [0.717, 1.165) is 37.7 Å². The number of esters is 1. The van der Waals surface area contributed by atoms with Gasteiger partial charge in [-0.05, 0) is 74.7 Å². The first kappa shape index (κ1) is 20.9. The maximum absolute atomic E-state index is 12.7. The Morgan fingerprint density at radius 2 is 2.00 bits per heavy atom. The summed E-state index contributed by atoms with van der Waals surface area (Å²) in [4.78, 5) is 12.7. The Balaban J connectivity index is 2.02. The second-order valence-corrected chi connectivity index (χ2v) is 9.85. The van der Waals surface area contributed by atoms with Gasteiger partial charge in [-0.25, -0.2) is 0 Å².